The summed E-state index contributed by atoms with van der Waals surface area (Å²) < 4.78 is 4.69. The highest BCUT2D eigenvalue weighted by Crippen LogP contribution is 2.24. The standard InChI is InChI=1S/C11H18N2O2S/c1-5-8(6-2)13-11-12-7(3)9(16-11)10(14)15-4/h8H,5-6H2,1-4H3,(H,12,13). The highest BCUT2D eigenvalue weighted by atomic mass is 32.1. The van der Waals surface area contributed by atoms with Gasteiger partial charge in [0.05, 0.1) is 12.8 Å². The fraction of sp³-hybridized carbons (Fsp3) is 0.636. The van der Waals surface area contributed by atoms with E-state index in [2.05, 4.69) is 24.1 Å². The highest BCUT2D eigenvalue weighted by Gasteiger charge is 2.16. The van der Waals surface area contributed by atoms with Gasteiger partial charge in [-0.25, -0.2) is 9.78 Å². The van der Waals surface area contributed by atoms with Crippen molar-refractivity contribution in [2.75, 3.05) is 12.4 Å². The number of aryl methyl sites for hydroxylation is 1. The first-order valence-electron chi connectivity index (χ1n) is 5.44. The number of ether oxygens (including phenoxy) is 1. The van der Waals surface area contributed by atoms with E-state index in [1.807, 2.05) is 6.92 Å². The van der Waals surface area contributed by atoms with E-state index < -0.39 is 0 Å². The molecule has 0 fully saturated rings. The Kier molecular flexibility index (Phi) is 4.73. The molecule has 0 aliphatic carbocycles. The predicted molar refractivity (Wildman–Crippen MR) is 66.2 cm³/mol. The van der Waals surface area contributed by atoms with Crippen molar-refractivity contribution in [1.29, 1.82) is 0 Å². The van der Waals surface area contributed by atoms with Crippen molar-refractivity contribution in [3.8, 4) is 0 Å². The minimum atomic E-state index is -0.312. The summed E-state index contributed by atoms with van der Waals surface area (Å²) >= 11 is 1.35. The molecule has 0 saturated carbocycles. The molecule has 0 radical (unpaired) electrons. The van der Waals surface area contributed by atoms with E-state index in [1.54, 1.807) is 0 Å². The Labute approximate surface area is 100 Å². The van der Waals surface area contributed by atoms with Gasteiger partial charge in [-0.1, -0.05) is 25.2 Å². The summed E-state index contributed by atoms with van der Waals surface area (Å²) in [5.41, 5.74) is 0.727. The maximum Gasteiger partial charge on any atom is 0.350 e. The summed E-state index contributed by atoms with van der Waals surface area (Å²) in [5, 5.41) is 4.12. The lowest BCUT2D eigenvalue weighted by Crippen LogP contribution is -2.16. The summed E-state index contributed by atoms with van der Waals surface area (Å²) in [6, 6.07) is 0.413. The second-order valence-electron chi connectivity index (χ2n) is 3.58. The van der Waals surface area contributed by atoms with Crippen LogP contribution in [0.15, 0.2) is 0 Å². The van der Waals surface area contributed by atoms with Crippen LogP contribution in [0.4, 0.5) is 5.13 Å². The smallest absolute Gasteiger partial charge is 0.350 e. The molecule has 5 heteroatoms. The highest BCUT2D eigenvalue weighted by molar-refractivity contribution is 7.17. The van der Waals surface area contributed by atoms with E-state index in [1.165, 1.54) is 18.4 Å². The number of esters is 1. The predicted octanol–water partition coefficient (Wildman–Crippen LogP) is 2.84. The average molecular weight is 242 g/mol. The quantitative estimate of drug-likeness (QED) is 0.807. The van der Waals surface area contributed by atoms with Gasteiger partial charge in [0, 0.05) is 6.04 Å². The first-order chi connectivity index (χ1) is 7.62. The molecule has 0 spiro atoms. The molecule has 0 atom stereocenters. The molecule has 1 aromatic heterocycles. The Balaban J connectivity index is 2.80. The molecule has 0 aliphatic heterocycles. The summed E-state index contributed by atoms with van der Waals surface area (Å²) in [5.74, 6) is -0.312. The fourth-order valence-corrected chi connectivity index (χ4v) is 2.37. The summed E-state index contributed by atoms with van der Waals surface area (Å²) in [4.78, 5) is 16.3. The van der Waals surface area contributed by atoms with Gasteiger partial charge in [-0.15, -0.1) is 0 Å². The van der Waals surface area contributed by atoms with Gasteiger partial charge in [-0.05, 0) is 19.8 Å². The number of thiazole rings is 1. The van der Waals surface area contributed by atoms with Crippen LogP contribution in [0.3, 0.4) is 0 Å². The molecule has 0 aliphatic rings. The first-order valence-corrected chi connectivity index (χ1v) is 6.26. The van der Waals surface area contributed by atoms with Gasteiger partial charge < -0.3 is 10.1 Å². The van der Waals surface area contributed by atoms with E-state index in [9.17, 15) is 4.79 Å². The molecule has 0 unspecified atom stereocenters. The molecule has 1 aromatic rings. The fourth-order valence-electron chi connectivity index (χ4n) is 1.41. The Morgan fingerprint density at radius 3 is 2.62 bits per heavy atom. The van der Waals surface area contributed by atoms with Crippen molar-refractivity contribution < 1.29 is 9.53 Å². The molecule has 0 saturated heterocycles. The first kappa shape index (κ1) is 13.0. The van der Waals surface area contributed by atoms with Crippen LogP contribution in [0.25, 0.3) is 0 Å². The van der Waals surface area contributed by atoms with Gasteiger partial charge in [0.1, 0.15) is 4.88 Å². The number of hydrogen-bond donors (Lipinski definition) is 1. The molecular formula is C11H18N2O2S. The molecule has 90 valence electrons. The third-order valence-corrected chi connectivity index (χ3v) is 3.55. The number of methoxy groups -OCH3 is 1. The molecular weight excluding hydrogens is 224 g/mol. The third-order valence-electron chi connectivity index (χ3n) is 2.48. The number of carbonyl (C=O) groups is 1. The maximum absolute atomic E-state index is 11.4. The van der Waals surface area contributed by atoms with Gasteiger partial charge in [0.2, 0.25) is 0 Å². The molecule has 16 heavy (non-hydrogen) atoms. The van der Waals surface area contributed by atoms with Crippen LogP contribution >= 0.6 is 11.3 Å². The van der Waals surface area contributed by atoms with Crippen LogP contribution in [0.5, 0.6) is 0 Å². The number of carbonyl (C=O) groups excluding carboxylic acids is 1. The molecule has 1 N–H and O–H groups in total. The van der Waals surface area contributed by atoms with E-state index >= 15 is 0 Å². The lowest BCUT2D eigenvalue weighted by atomic mass is 10.2. The van der Waals surface area contributed by atoms with Crippen molar-refractivity contribution in [1.82, 2.24) is 4.98 Å². The topological polar surface area (TPSA) is 51.2 Å². The monoisotopic (exact) mass is 242 g/mol. The lowest BCUT2D eigenvalue weighted by Gasteiger charge is -2.12. The van der Waals surface area contributed by atoms with Crippen molar-refractivity contribution in [3.63, 3.8) is 0 Å². The van der Waals surface area contributed by atoms with Crippen molar-refractivity contribution in [2.45, 2.75) is 39.7 Å². The normalized spacial score (nSPS) is 10.6. The van der Waals surface area contributed by atoms with E-state index in [0.717, 1.165) is 23.7 Å². The Morgan fingerprint density at radius 2 is 2.12 bits per heavy atom. The van der Waals surface area contributed by atoms with Gasteiger partial charge >= 0.3 is 5.97 Å². The van der Waals surface area contributed by atoms with Crippen molar-refractivity contribution in [2.24, 2.45) is 0 Å². The van der Waals surface area contributed by atoms with Crippen molar-refractivity contribution in [3.05, 3.63) is 10.6 Å². The number of rotatable bonds is 5. The largest absolute Gasteiger partial charge is 0.465 e. The molecule has 0 amide bonds. The molecule has 4 nitrogen and oxygen atoms in total. The Hall–Kier alpha value is -1.10. The maximum atomic E-state index is 11.4. The average Bonchev–Trinajstić information content (AvgIpc) is 2.66. The molecule has 0 aromatic carbocycles. The van der Waals surface area contributed by atoms with Gasteiger partial charge in [-0.3, -0.25) is 0 Å². The summed E-state index contributed by atoms with van der Waals surface area (Å²) in [7, 11) is 1.38. The molecule has 1 heterocycles. The van der Waals surface area contributed by atoms with Crippen LogP contribution in [0.1, 0.15) is 42.1 Å². The SMILES string of the molecule is CCC(CC)Nc1nc(C)c(C(=O)OC)s1. The van der Waals surface area contributed by atoms with Crippen LogP contribution in [-0.2, 0) is 4.74 Å². The summed E-state index contributed by atoms with van der Waals surface area (Å²) in [6.45, 7) is 6.08. The van der Waals surface area contributed by atoms with E-state index in [4.69, 9.17) is 4.74 Å². The Morgan fingerprint density at radius 1 is 1.50 bits per heavy atom. The number of aromatic nitrogens is 1. The van der Waals surface area contributed by atoms with Crippen LogP contribution in [0, 0.1) is 6.92 Å². The third kappa shape index (κ3) is 2.95. The minimum Gasteiger partial charge on any atom is -0.465 e. The van der Waals surface area contributed by atoms with E-state index in [0.29, 0.717) is 10.9 Å². The molecule has 0 bridgehead atoms. The number of nitrogens with one attached hydrogen (secondary N) is 1. The minimum absolute atomic E-state index is 0.312. The zero-order valence-corrected chi connectivity index (χ0v) is 11.0. The zero-order chi connectivity index (χ0) is 12.1. The Bertz CT molecular complexity index is 359. The number of nitrogens with zero attached hydrogens (tertiary/aromatic N) is 1. The zero-order valence-electron chi connectivity index (χ0n) is 10.2. The number of anilines is 1. The van der Waals surface area contributed by atoms with Gasteiger partial charge in [0.25, 0.3) is 0 Å². The van der Waals surface area contributed by atoms with Crippen molar-refractivity contribution >= 4 is 22.4 Å². The lowest BCUT2D eigenvalue weighted by molar-refractivity contribution is 0.0605. The van der Waals surface area contributed by atoms with Gasteiger partial charge in [-0.2, -0.15) is 0 Å². The van der Waals surface area contributed by atoms with Gasteiger partial charge in [0.15, 0.2) is 5.13 Å². The van der Waals surface area contributed by atoms with Crippen LogP contribution < -0.4 is 5.32 Å². The summed E-state index contributed by atoms with van der Waals surface area (Å²) in [6.07, 6.45) is 2.09. The second kappa shape index (κ2) is 5.84. The second-order valence-corrected chi connectivity index (χ2v) is 4.58. The molecule has 1 rings (SSSR count). The van der Waals surface area contributed by atoms with Crippen LogP contribution in [-0.4, -0.2) is 24.1 Å². The number of hydrogen-bond acceptors (Lipinski definition) is 5. The van der Waals surface area contributed by atoms with E-state index in [-0.39, 0.29) is 5.97 Å². The van der Waals surface area contributed by atoms with Crippen LogP contribution in [0.2, 0.25) is 0 Å².